The number of carbonyl (C=O) groups excluding carboxylic acids is 2. The number of imidazole rings is 1. The van der Waals surface area contributed by atoms with Gasteiger partial charge in [0.15, 0.2) is 22.8 Å². The Kier molecular flexibility index (Phi) is 7.48. The number of aromatic amines is 1. The summed E-state index contributed by atoms with van der Waals surface area (Å²) in [7, 11) is 0. The third-order valence-electron chi connectivity index (χ3n) is 7.69. The number of carbonyl (C=O) groups is 2. The Hall–Kier alpha value is -4.21. The van der Waals surface area contributed by atoms with Crippen molar-refractivity contribution in [2.75, 3.05) is 44.6 Å². The van der Waals surface area contributed by atoms with Gasteiger partial charge < -0.3 is 25.5 Å². The minimum Gasteiger partial charge on any atom is -0.379 e. The van der Waals surface area contributed by atoms with Gasteiger partial charge in [0, 0.05) is 57.0 Å². The van der Waals surface area contributed by atoms with Crippen LogP contribution in [0.5, 0.6) is 0 Å². The van der Waals surface area contributed by atoms with Crippen molar-refractivity contribution in [2.24, 2.45) is 0 Å². The third kappa shape index (κ3) is 5.50. The zero-order valence-electron chi connectivity index (χ0n) is 22.7. The highest BCUT2D eigenvalue weighted by Crippen LogP contribution is 2.36. The number of amides is 2. The van der Waals surface area contributed by atoms with Gasteiger partial charge in [0.25, 0.3) is 11.8 Å². The lowest BCUT2D eigenvalue weighted by Crippen LogP contribution is -2.60. The SMILES string of the molecule is O=C(c1ccc(Nc2nccn3c(-c4c[nH]nc4C(F)(F)F)cnc23)cc1Cl)N1CCN(C(=O)[C@@]2(O)CCCNC2)CC1. The number of benzene rings is 1. The van der Waals surface area contributed by atoms with Crippen LogP contribution in [-0.2, 0) is 11.0 Å². The summed E-state index contributed by atoms with van der Waals surface area (Å²) in [4.78, 5) is 37.9. The number of β-amino-alcohol motifs (C(OH)–C–C–N with tert-alkyl or cyclic N) is 1. The van der Waals surface area contributed by atoms with Crippen molar-refractivity contribution in [3.05, 3.63) is 59.3 Å². The highest BCUT2D eigenvalue weighted by atomic mass is 35.5. The Bertz CT molecular complexity index is 1670. The number of piperidine rings is 1. The Morgan fingerprint density at radius 1 is 1.12 bits per heavy atom. The second-order valence-corrected chi connectivity index (χ2v) is 10.9. The standard InChI is InChI=1S/C27H27ClF3N9O3/c28-19-12-16(36-22-23-34-14-20(40(23)7-6-33-22)18-13-35-37-21(18)27(29,30)31)2-3-17(19)24(41)38-8-10-39(11-9-38)25(42)26(43)4-1-5-32-15-26/h2-3,6-7,12-14,32,43H,1,4-5,8-11,15H2,(H,33,36)(H,35,37)/t26-/m1/s1. The molecule has 1 aromatic carbocycles. The smallest absolute Gasteiger partial charge is 0.379 e. The average Bonchev–Trinajstić information content (AvgIpc) is 3.65. The van der Waals surface area contributed by atoms with Crippen LogP contribution in [0.25, 0.3) is 16.9 Å². The number of halogens is 4. The summed E-state index contributed by atoms with van der Waals surface area (Å²) in [6.45, 7) is 2.18. The van der Waals surface area contributed by atoms with Crippen molar-refractivity contribution >= 4 is 40.6 Å². The van der Waals surface area contributed by atoms with E-state index in [0.717, 1.165) is 12.7 Å². The zero-order chi connectivity index (χ0) is 30.4. The number of H-pyrrole nitrogens is 1. The van der Waals surface area contributed by atoms with Gasteiger partial charge in [0.1, 0.15) is 0 Å². The second kappa shape index (κ2) is 11.1. The summed E-state index contributed by atoms with van der Waals surface area (Å²) in [5.74, 6) is -0.351. The fraction of sp³-hybridized carbons (Fsp3) is 0.370. The second-order valence-electron chi connectivity index (χ2n) is 10.5. The number of nitrogens with one attached hydrogen (secondary N) is 3. The van der Waals surface area contributed by atoms with Crippen LogP contribution in [0.4, 0.5) is 24.7 Å². The van der Waals surface area contributed by atoms with Crippen molar-refractivity contribution < 1.29 is 27.9 Å². The Morgan fingerprint density at radius 3 is 2.58 bits per heavy atom. The molecule has 0 unspecified atom stereocenters. The van der Waals surface area contributed by atoms with Crippen molar-refractivity contribution in [1.29, 1.82) is 0 Å². The summed E-state index contributed by atoms with van der Waals surface area (Å²) in [5, 5.41) is 22.7. The molecule has 2 fully saturated rings. The van der Waals surface area contributed by atoms with Crippen LogP contribution in [0.2, 0.25) is 5.02 Å². The molecule has 0 radical (unpaired) electrons. The molecule has 4 N–H and O–H groups in total. The van der Waals surface area contributed by atoms with Gasteiger partial charge in [-0.1, -0.05) is 11.6 Å². The number of fused-ring (bicyclic) bond motifs is 1. The fourth-order valence-electron chi connectivity index (χ4n) is 5.46. The van der Waals surface area contributed by atoms with E-state index in [1.165, 1.54) is 23.0 Å². The predicted molar refractivity (Wildman–Crippen MR) is 150 cm³/mol. The van der Waals surface area contributed by atoms with E-state index in [0.29, 0.717) is 44.7 Å². The van der Waals surface area contributed by atoms with Gasteiger partial charge in [-0.2, -0.15) is 18.3 Å². The van der Waals surface area contributed by atoms with Crippen molar-refractivity contribution in [3.63, 3.8) is 0 Å². The van der Waals surface area contributed by atoms with Crippen LogP contribution in [-0.4, -0.2) is 96.2 Å². The van der Waals surface area contributed by atoms with Gasteiger partial charge in [0.2, 0.25) is 0 Å². The molecule has 5 heterocycles. The molecule has 0 bridgehead atoms. The lowest BCUT2D eigenvalue weighted by atomic mass is 9.92. The van der Waals surface area contributed by atoms with Gasteiger partial charge in [-0.25, -0.2) is 9.97 Å². The molecule has 2 saturated heterocycles. The number of alkyl halides is 3. The largest absolute Gasteiger partial charge is 0.435 e. The Morgan fingerprint density at radius 2 is 1.88 bits per heavy atom. The highest BCUT2D eigenvalue weighted by Gasteiger charge is 2.41. The van der Waals surface area contributed by atoms with Gasteiger partial charge in [-0.3, -0.25) is 19.1 Å². The van der Waals surface area contributed by atoms with Crippen LogP contribution in [0.15, 0.2) is 43.0 Å². The molecule has 4 aromatic rings. The van der Waals surface area contributed by atoms with E-state index in [-0.39, 0.29) is 51.7 Å². The maximum atomic E-state index is 13.4. The summed E-state index contributed by atoms with van der Waals surface area (Å²) < 4.78 is 41.7. The third-order valence-corrected chi connectivity index (χ3v) is 8.00. The van der Waals surface area contributed by atoms with Gasteiger partial charge >= 0.3 is 6.18 Å². The molecule has 0 aliphatic carbocycles. The molecular weight excluding hydrogens is 591 g/mol. The zero-order valence-corrected chi connectivity index (χ0v) is 23.4. The first-order valence-corrected chi connectivity index (χ1v) is 13.9. The van der Waals surface area contributed by atoms with Crippen LogP contribution >= 0.6 is 11.6 Å². The van der Waals surface area contributed by atoms with E-state index in [9.17, 15) is 27.9 Å². The molecule has 2 amide bonds. The summed E-state index contributed by atoms with van der Waals surface area (Å²) in [6.07, 6.45) is 1.84. The first-order chi connectivity index (χ1) is 20.5. The van der Waals surface area contributed by atoms with Crippen LogP contribution in [0.3, 0.4) is 0 Å². The number of piperazine rings is 1. The number of rotatable bonds is 5. The first kappa shape index (κ1) is 28.9. The molecule has 0 spiro atoms. The summed E-state index contributed by atoms with van der Waals surface area (Å²) in [6, 6.07) is 4.75. The average molecular weight is 618 g/mol. The van der Waals surface area contributed by atoms with Crippen molar-refractivity contribution in [3.8, 4) is 11.3 Å². The molecule has 2 aliphatic heterocycles. The van der Waals surface area contributed by atoms with Crippen LogP contribution in [0, 0.1) is 0 Å². The first-order valence-electron chi connectivity index (χ1n) is 13.6. The number of aliphatic hydroxyl groups is 1. The molecule has 2 aliphatic rings. The molecule has 43 heavy (non-hydrogen) atoms. The topological polar surface area (TPSA) is 144 Å². The lowest BCUT2D eigenvalue weighted by Gasteiger charge is -2.40. The van der Waals surface area contributed by atoms with Crippen molar-refractivity contribution in [2.45, 2.75) is 24.6 Å². The molecule has 12 nitrogen and oxygen atoms in total. The molecule has 1 atom stereocenters. The molecular formula is C27H27ClF3N9O3. The summed E-state index contributed by atoms with van der Waals surface area (Å²) in [5.41, 5.74) is -1.43. The van der Waals surface area contributed by atoms with Gasteiger partial charge in [-0.15, -0.1) is 0 Å². The van der Waals surface area contributed by atoms with Gasteiger partial charge in [0.05, 0.1) is 28.0 Å². The predicted octanol–water partition coefficient (Wildman–Crippen LogP) is 2.93. The van der Waals surface area contributed by atoms with E-state index < -0.39 is 17.5 Å². The van der Waals surface area contributed by atoms with E-state index >= 15 is 0 Å². The molecule has 6 rings (SSSR count). The monoisotopic (exact) mass is 617 g/mol. The van der Waals surface area contributed by atoms with E-state index in [4.69, 9.17) is 11.6 Å². The molecule has 226 valence electrons. The maximum Gasteiger partial charge on any atom is 0.435 e. The summed E-state index contributed by atoms with van der Waals surface area (Å²) >= 11 is 6.51. The van der Waals surface area contributed by atoms with E-state index in [1.807, 2.05) is 0 Å². The van der Waals surface area contributed by atoms with Crippen molar-refractivity contribution in [1.82, 2.24) is 39.7 Å². The normalized spacial score (nSPS) is 19.6. The maximum absolute atomic E-state index is 13.4. The minimum absolute atomic E-state index is 0.157. The number of aromatic nitrogens is 5. The Labute approximate surface area is 247 Å². The molecule has 16 heteroatoms. The molecule has 3 aromatic heterocycles. The number of anilines is 2. The minimum atomic E-state index is -4.65. The van der Waals surface area contributed by atoms with E-state index in [2.05, 4.69) is 30.8 Å². The van der Waals surface area contributed by atoms with E-state index in [1.54, 1.807) is 28.0 Å². The number of hydrogen-bond acceptors (Lipinski definition) is 8. The number of nitrogens with zero attached hydrogens (tertiary/aromatic N) is 6. The van der Waals surface area contributed by atoms with Crippen LogP contribution in [0.1, 0.15) is 28.9 Å². The highest BCUT2D eigenvalue weighted by molar-refractivity contribution is 6.34. The van der Waals surface area contributed by atoms with Gasteiger partial charge in [-0.05, 0) is 37.6 Å². The fourth-order valence-corrected chi connectivity index (χ4v) is 5.72. The Balaban J connectivity index is 1.15. The quantitative estimate of drug-likeness (QED) is 0.268. The number of hydrogen-bond donors (Lipinski definition) is 4. The van der Waals surface area contributed by atoms with Crippen LogP contribution < -0.4 is 10.6 Å². The lowest BCUT2D eigenvalue weighted by molar-refractivity contribution is -0.154. The molecule has 0 saturated carbocycles.